The molecule has 8 nitrogen and oxygen atoms in total. The standard InChI is InChI=1S/C19H25N5O3/c1-3-20-19(26)22-16-11-21-23-17(16)14-7-5-9-24(12-14)18(25)13-6-4-8-15(10-13)27-2/h4,6,8,10-11,14H,3,5,7,9,12H2,1-2H3,(H,21,23)(H2,20,22,26)/t14-/m0/s1. The quantitative estimate of drug-likeness (QED) is 0.752. The minimum atomic E-state index is -0.264. The number of aromatic amines is 1. The number of nitrogens with zero attached hydrogens (tertiary/aromatic N) is 2. The number of hydrogen-bond donors (Lipinski definition) is 3. The van der Waals surface area contributed by atoms with E-state index in [1.807, 2.05) is 24.0 Å². The van der Waals surface area contributed by atoms with E-state index >= 15 is 0 Å². The summed E-state index contributed by atoms with van der Waals surface area (Å²) < 4.78 is 5.21. The Morgan fingerprint density at radius 3 is 3.04 bits per heavy atom. The highest BCUT2D eigenvalue weighted by Crippen LogP contribution is 2.31. The van der Waals surface area contributed by atoms with Gasteiger partial charge in [0.05, 0.1) is 24.7 Å². The van der Waals surface area contributed by atoms with Gasteiger partial charge in [0.2, 0.25) is 0 Å². The lowest BCUT2D eigenvalue weighted by Gasteiger charge is -2.32. The van der Waals surface area contributed by atoms with Crippen molar-refractivity contribution in [1.82, 2.24) is 20.4 Å². The number of urea groups is 1. The minimum Gasteiger partial charge on any atom is -0.497 e. The van der Waals surface area contributed by atoms with Crippen LogP contribution in [0, 0.1) is 0 Å². The van der Waals surface area contributed by atoms with Gasteiger partial charge in [0.15, 0.2) is 0 Å². The fourth-order valence-corrected chi connectivity index (χ4v) is 3.37. The molecule has 3 rings (SSSR count). The van der Waals surface area contributed by atoms with Gasteiger partial charge in [0.1, 0.15) is 5.75 Å². The van der Waals surface area contributed by atoms with Crippen molar-refractivity contribution in [3.05, 3.63) is 41.7 Å². The van der Waals surface area contributed by atoms with Gasteiger partial charge >= 0.3 is 6.03 Å². The molecule has 1 aliphatic heterocycles. The highest BCUT2D eigenvalue weighted by molar-refractivity contribution is 5.94. The van der Waals surface area contributed by atoms with Gasteiger partial charge in [0, 0.05) is 31.1 Å². The third-order valence-corrected chi connectivity index (χ3v) is 4.69. The van der Waals surface area contributed by atoms with E-state index < -0.39 is 0 Å². The molecule has 1 aromatic carbocycles. The van der Waals surface area contributed by atoms with E-state index in [-0.39, 0.29) is 17.9 Å². The van der Waals surface area contributed by atoms with Gasteiger partial charge < -0.3 is 20.3 Å². The van der Waals surface area contributed by atoms with Crippen LogP contribution >= 0.6 is 0 Å². The molecule has 3 N–H and O–H groups in total. The lowest BCUT2D eigenvalue weighted by molar-refractivity contribution is 0.0705. The second-order valence-electron chi connectivity index (χ2n) is 6.50. The van der Waals surface area contributed by atoms with Gasteiger partial charge in [-0.15, -0.1) is 0 Å². The summed E-state index contributed by atoms with van der Waals surface area (Å²) >= 11 is 0. The highest BCUT2D eigenvalue weighted by atomic mass is 16.5. The zero-order valence-electron chi connectivity index (χ0n) is 15.6. The molecular formula is C19H25N5O3. The topological polar surface area (TPSA) is 99.4 Å². The molecule has 0 radical (unpaired) electrons. The predicted octanol–water partition coefficient (Wildman–Crippen LogP) is 2.58. The Hall–Kier alpha value is -3.03. The molecule has 144 valence electrons. The summed E-state index contributed by atoms with van der Waals surface area (Å²) in [4.78, 5) is 26.6. The first kappa shape index (κ1) is 18.8. The van der Waals surface area contributed by atoms with E-state index in [4.69, 9.17) is 4.74 Å². The first-order valence-corrected chi connectivity index (χ1v) is 9.13. The fourth-order valence-electron chi connectivity index (χ4n) is 3.37. The summed E-state index contributed by atoms with van der Waals surface area (Å²) in [5.41, 5.74) is 2.12. The van der Waals surface area contributed by atoms with Crippen LogP contribution < -0.4 is 15.4 Å². The van der Waals surface area contributed by atoms with Crippen LogP contribution in [-0.2, 0) is 0 Å². The SMILES string of the molecule is CCNC(=O)Nc1cn[nH]c1[C@H]1CCCN(C(=O)c2cccc(OC)c2)C1. The van der Waals surface area contributed by atoms with Crippen LogP contribution in [0.5, 0.6) is 5.75 Å². The van der Waals surface area contributed by atoms with E-state index in [0.717, 1.165) is 18.5 Å². The third kappa shape index (κ3) is 4.39. The van der Waals surface area contributed by atoms with Crippen LogP contribution in [0.25, 0.3) is 0 Å². The average molecular weight is 371 g/mol. The van der Waals surface area contributed by atoms with Crippen molar-refractivity contribution >= 4 is 17.6 Å². The number of piperidine rings is 1. The molecule has 2 heterocycles. The number of methoxy groups -OCH3 is 1. The molecule has 27 heavy (non-hydrogen) atoms. The zero-order valence-corrected chi connectivity index (χ0v) is 15.6. The van der Waals surface area contributed by atoms with Crippen LogP contribution in [0.15, 0.2) is 30.5 Å². The maximum Gasteiger partial charge on any atom is 0.319 e. The highest BCUT2D eigenvalue weighted by Gasteiger charge is 2.28. The van der Waals surface area contributed by atoms with Crippen LogP contribution in [0.3, 0.4) is 0 Å². The molecule has 1 saturated heterocycles. The number of carbonyl (C=O) groups excluding carboxylic acids is 2. The number of rotatable bonds is 5. The molecule has 1 aromatic heterocycles. The molecule has 0 aliphatic carbocycles. The Kier molecular flexibility index (Phi) is 5.95. The number of H-pyrrole nitrogens is 1. The van der Waals surface area contributed by atoms with Crippen molar-refractivity contribution in [2.24, 2.45) is 0 Å². The molecule has 3 amide bonds. The molecule has 0 spiro atoms. The van der Waals surface area contributed by atoms with Crippen molar-refractivity contribution in [3.63, 3.8) is 0 Å². The van der Waals surface area contributed by atoms with E-state index in [2.05, 4.69) is 20.8 Å². The van der Waals surface area contributed by atoms with Gasteiger partial charge in [-0.05, 0) is 38.0 Å². The second-order valence-corrected chi connectivity index (χ2v) is 6.50. The number of benzene rings is 1. The summed E-state index contributed by atoms with van der Waals surface area (Å²) in [5, 5.41) is 12.6. The number of likely N-dealkylation sites (tertiary alicyclic amines) is 1. The monoisotopic (exact) mass is 371 g/mol. The summed E-state index contributed by atoms with van der Waals surface area (Å²) in [6.07, 6.45) is 3.42. The fraction of sp³-hybridized carbons (Fsp3) is 0.421. The van der Waals surface area contributed by atoms with Gasteiger partial charge in [-0.2, -0.15) is 5.10 Å². The number of aromatic nitrogens is 2. The smallest absolute Gasteiger partial charge is 0.319 e. The molecule has 2 aromatic rings. The Morgan fingerprint density at radius 2 is 2.26 bits per heavy atom. The number of ether oxygens (including phenoxy) is 1. The number of carbonyl (C=O) groups is 2. The summed E-state index contributed by atoms with van der Waals surface area (Å²) in [6, 6.07) is 6.92. The van der Waals surface area contributed by atoms with Gasteiger partial charge in [0.25, 0.3) is 5.91 Å². The van der Waals surface area contributed by atoms with Crippen LogP contribution in [0.2, 0.25) is 0 Å². The van der Waals surface area contributed by atoms with Crippen molar-refractivity contribution in [3.8, 4) is 5.75 Å². The van der Waals surface area contributed by atoms with Crippen molar-refractivity contribution < 1.29 is 14.3 Å². The first-order valence-electron chi connectivity index (χ1n) is 9.13. The van der Waals surface area contributed by atoms with Gasteiger partial charge in [-0.25, -0.2) is 4.79 Å². The van der Waals surface area contributed by atoms with E-state index in [9.17, 15) is 9.59 Å². The predicted molar refractivity (Wildman–Crippen MR) is 102 cm³/mol. The molecular weight excluding hydrogens is 346 g/mol. The van der Waals surface area contributed by atoms with Gasteiger partial charge in [-0.3, -0.25) is 9.89 Å². The number of amides is 3. The molecule has 0 saturated carbocycles. The van der Waals surface area contributed by atoms with Gasteiger partial charge in [-0.1, -0.05) is 6.07 Å². The summed E-state index contributed by atoms with van der Waals surface area (Å²) in [6.45, 7) is 3.69. The number of hydrogen-bond acceptors (Lipinski definition) is 4. The largest absolute Gasteiger partial charge is 0.497 e. The first-order chi connectivity index (χ1) is 13.1. The molecule has 8 heteroatoms. The average Bonchev–Trinajstić information content (AvgIpc) is 3.15. The van der Waals surface area contributed by atoms with Crippen LogP contribution in [-0.4, -0.2) is 53.8 Å². The van der Waals surface area contributed by atoms with Crippen molar-refractivity contribution in [2.75, 3.05) is 32.1 Å². The summed E-state index contributed by atoms with van der Waals surface area (Å²) in [7, 11) is 1.59. The zero-order chi connectivity index (χ0) is 19.2. The van der Waals surface area contributed by atoms with Crippen LogP contribution in [0.1, 0.15) is 41.7 Å². The second kappa shape index (κ2) is 8.57. The van der Waals surface area contributed by atoms with Crippen LogP contribution in [0.4, 0.5) is 10.5 Å². The molecule has 1 atom stereocenters. The maximum absolute atomic E-state index is 12.9. The lowest BCUT2D eigenvalue weighted by atomic mass is 9.93. The van der Waals surface area contributed by atoms with E-state index in [0.29, 0.717) is 36.6 Å². The Balaban J connectivity index is 1.72. The normalized spacial score (nSPS) is 16.7. The number of nitrogens with one attached hydrogen (secondary N) is 3. The van der Waals surface area contributed by atoms with E-state index in [1.54, 1.807) is 25.4 Å². The Bertz CT molecular complexity index is 804. The lowest BCUT2D eigenvalue weighted by Crippen LogP contribution is -2.39. The van der Waals surface area contributed by atoms with Crippen molar-refractivity contribution in [1.29, 1.82) is 0 Å². The summed E-state index contributed by atoms with van der Waals surface area (Å²) in [5.74, 6) is 0.737. The maximum atomic E-state index is 12.9. The number of anilines is 1. The minimum absolute atomic E-state index is 0.0173. The Labute approximate surface area is 158 Å². The molecule has 0 unspecified atom stereocenters. The molecule has 0 bridgehead atoms. The van der Waals surface area contributed by atoms with E-state index in [1.165, 1.54) is 0 Å². The molecule has 1 fully saturated rings. The van der Waals surface area contributed by atoms with Crippen molar-refractivity contribution in [2.45, 2.75) is 25.7 Å². The molecule has 1 aliphatic rings. The Morgan fingerprint density at radius 1 is 1.41 bits per heavy atom. The third-order valence-electron chi connectivity index (χ3n) is 4.69.